The average molecular weight is 209 g/mol. The Labute approximate surface area is 88.3 Å². The predicted molar refractivity (Wildman–Crippen MR) is 56.4 cm³/mol. The molecule has 0 aromatic carbocycles. The molecule has 1 unspecified atom stereocenters. The van der Waals surface area contributed by atoms with E-state index in [0.29, 0.717) is 6.54 Å². The lowest BCUT2D eigenvalue weighted by Gasteiger charge is -2.07. The van der Waals surface area contributed by atoms with Crippen LogP contribution in [-0.2, 0) is 11.2 Å². The third-order valence-corrected chi connectivity index (χ3v) is 1.97. The minimum absolute atomic E-state index is 0.280. The summed E-state index contributed by atoms with van der Waals surface area (Å²) in [5, 5.41) is 11.5. The molecule has 1 aromatic heterocycles. The van der Waals surface area contributed by atoms with Gasteiger partial charge in [0.2, 0.25) is 0 Å². The maximum absolute atomic E-state index is 10.4. The summed E-state index contributed by atoms with van der Waals surface area (Å²) in [4.78, 5) is 14.5. The predicted octanol–water partition coefficient (Wildman–Crippen LogP) is -0.374. The Morgan fingerprint density at radius 2 is 2.40 bits per heavy atom. The molecule has 0 saturated heterocycles. The van der Waals surface area contributed by atoms with Gasteiger partial charge in [0.1, 0.15) is 6.04 Å². The number of hydrogen-bond donors (Lipinski definition) is 3. The van der Waals surface area contributed by atoms with E-state index in [9.17, 15) is 4.79 Å². The van der Waals surface area contributed by atoms with Crippen molar-refractivity contribution in [3.05, 3.63) is 30.1 Å². The van der Waals surface area contributed by atoms with Crippen molar-refractivity contribution < 1.29 is 9.90 Å². The first-order valence-electron chi connectivity index (χ1n) is 4.79. The molecule has 4 N–H and O–H groups in total. The van der Waals surface area contributed by atoms with Gasteiger partial charge < -0.3 is 16.2 Å². The zero-order valence-corrected chi connectivity index (χ0v) is 8.39. The fourth-order valence-corrected chi connectivity index (χ4v) is 1.11. The Kier molecular flexibility index (Phi) is 4.73. The van der Waals surface area contributed by atoms with Gasteiger partial charge in [-0.3, -0.25) is 9.78 Å². The van der Waals surface area contributed by atoms with Gasteiger partial charge in [-0.25, -0.2) is 0 Å². The summed E-state index contributed by atoms with van der Waals surface area (Å²) in [6, 6.07) is 4.87. The van der Waals surface area contributed by atoms with Gasteiger partial charge in [0.15, 0.2) is 0 Å². The Morgan fingerprint density at radius 1 is 1.60 bits per heavy atom. The monoisotopic (exact) mass is 209 g/mol. The number of aliphatic carboxylic acids is 1. The van der Waals surface area contributed by atoms with Crippen LogP contribution in [0.4, 0.5) is 0 Å². The molecule has 0 aliphatic heterocycles. The Bertz CT molecular complexity index is 303. The van der Waals surface area contributed by atoms with Crippen LogP contribution in [0, 0.1) is 0 Å². The first-order valence-corrected chi connectivity index (χ1v) is 4.79. The van der Waals surface area contributed by atoms with Gasteiger partial charge in [-0.05, 0) is 12.1 Å². The maximum atomic E-state index is 10.4. The first kappa shape index (κ1) is 11.6. The van der Waals surface area contributed by atoms with E-state index in [1.165, 1.54) is 0 Å². The molecule has 0 radical (unpaired) electrons. The molecule has 0 spiro atoms. The van der Waals surface area contributed by atoms with Crippen molar-refractivity contribution in [2.45, 2.75) is 12.5 Å². The number of carboxylic acids is 1. The van der Waals surface area contributed by atoms with Crippen LogP contribution in [0.3, 0.4) is 0 Å². The third-order valence-electron chi connectivity index (χ3n) is 1.97. The van der Waals surface area contributed by atoms with Gasteiger partial charge in [-0.1, -0.05) is 6.07 Å². The molecular formula is C10H15N3O2. The largest absolute Gasteiger partial charge is 0.480 e. The summed E-state index contributed by atoms with van der Waals surface area (Å²) in [6.45, 7) is 0.958. The number of nitrogens with zero attached hydrogens (tertiary/aromatic N) is 1. The average Bonchev–Trinajstić information content (AvgIpc) is 2.25. The van der Waals surface area contributed by atoms with Crippen LogP contribution in [0.2, 0.25) is 0 Å². The highest BCUT2D eigenvalue weighted by Gasteiger charge is 2.09. The van der Waals surface area contributed by atoms with Crippen LogP contribution in [-0.4, -0.2) is 35.2 Å². The van der Waals surface area contributed by atoms with Crippen LogP contribution >= 0.6 is 0 Å². The number of nitrogens with one attached hydrogen (secondary N) is 1. The minimum atomic E-state index is -0.986. The van der Waals surface area contributed by atoms with E-state index in [0.717, 1.165) is 12.1 Å². The maximum Gasteiger partial charge on any atom is 0.321 e. The van der Waals surface area contributed by atoms with E-state index in [2.05, 4.69) is 10.3 Å². The second kappa shape index (κ2) is 6.10. The van der Waals surface area contributed by atoms with Crippen molar-refractivity contribution in [3.8, 4) is 0 Å². The number of aromatic nitrogens is 1. The summed E-state index contributed by atoms with van der Waals surface area (Å²) in [5.41, 5.74) is 6.30. The second-order valence-corrected chi connectivity index (χ2v) is 3.22. The van der Waals surface area contributed by atoms with Gasteiger partial charge in [-0.2, -0.15) is 0 Å². The first-order chi connectivity index (χ1) is 7.20. The molecule has 0 saturated carbocycles. The SMILES string of the molecule is NC(CNCCc1ccccn1)C(=O)O. The molecule has 1 heterocycles. The van der Waals surface area contributed by atoms with E-state index in [1.807, 2.05) is 18.2 Å². The van der Waals surface area contributed by atoms with E-state index < -0.39 is 12.0 Å². The van der Waals surface area contributed by atoms with Crippen LogP contribution in [0.5, 0.6) is 0 Å². The van der Waals surface area contributed by atoms with E-state index >= 15 is 0 Å². The van der Waals surface area contributed by atoms with Gasteiger partial charge in [0.05, 0.1) is 0 Å². The number of carbonyl (C=O) groups is 1. The molecule has 1 aromatic rings. The molecule has 0 aliphatic rings. The van der Waals surface area contributed by atoms with Crippen molar-refractivity contribution in [1.82, 2.24) is 10.3 Å². The second-order valence-electron chi connectivity index (χ2n) is 3.22. The summed E-state index contributed by atoms with van der Waals surface area (Å²) in [7, 11) is 0. The number of nitrogens with two attached hydrogens (primary N) is 1. The van der Waals surface area contributed by atoms with Gasteiger partial charge >= 0.3 is 5.97 Å². The van der Waals surface area contributed by atoms with Gasteiger partial charge in [0, 0.05) is 31.4 Å². The highest BCUT2D eigenvalue weighted by atomic mass is 16.4. The normalized spacial score (nSPS) is 12.3. The quantitative estimate of drug-likeness (QED) is 0.556. The smallest absolute Gasteiger partial charge is 0.321 e. The fraction of sp³-hybridized carbons (Fsp3) is 0.400. The molecule has 0 fully saturated rings. The van der Waals surface area contributed by atoms with E-state index in [1.54, 1.807) is 6.20 Å². The zero-order chi connectivity index (χ0) is 11.1. The molecular weight excluding hydrogens is 194 g/mol. The molecule has 1 rings (SSSR count). The highest BCUT2D eigenvalue weighted by Crippen LogP contribution is 1.92. The van der Waals surface area contributed by atoms with Crippen LogP contribution < -0.4 is 11.1 Å². The van der Waals surface area contributed by atoms with Crippen molar-refractivity contribution in [3.63, 3.8) is 0 Å². The van der Waals surface area contributed by atoms with Crippen LogP contribution in [0.25, 0.3) is 0 Å². The van der Waals surface area contributed by atoms with Crippen molar-refractivity contribution in [2.24, 2.45) is 5.73 Å². The molecule has 15 heavy (non-hydrogen) atoms. The Morgan fingerprint density at radius 3 is 3.00 bits per heavy atom. The van der Waals surface area contributed by atoms with E-state index in [-0.39, 0.29) is 6.54 Å². The van der Waals surface area contributed by atoms with Crippen LogP contribution in [0.1, 0.15) is 5.69 Å². The number of rotatable bonds is 6. The summed E-state index contributed by atoms with van der Waals surface area (Å²) in [6.07, 6.45) is 2.51. The Balaban J connectivity index is 2.15. The van der Waals surface area contributed by atoms with Crippen molar-refractivity contribution in [1.29, 1.82) is 0 Å². The van der Waals surface area contributed by atoms with Crippen LogP contribution in [0.15, 0.2) is 24.4 Å². The summed E-state index contributed by atoms with van der Waals surface area (Å²) in [5.74, 6) is -0.986. The molecule has 0 bridgehead atoms. The molecule has 82 valence electrons. The summed E-state index contributed by atoms with van der Waals surface area (Å²) < 4.78 is 0. The zero-order valence-electron chi connectivity index (χ0n) is 8.39. The van der Waals surface area contributed by atoms with Crippen molar-refractivity contribution >= 4 is 5.97 Å². The molecule has 0 amide bonds. The molecule has 1 atom stereocenters. The fourth-order valence-electron chi connectivity index (χ4n) is 1.11. The molecule has 0 aliphatic carbocycles. The minimum Gasteiger partial charge on any atom is -0.480 e. The van der Waals surface area contributed by atoms with Crippen molar-refractivity contribution in [2.75, 3.05) is 13.1 Å². The number of hydrogen-bond acceptors (Lipinski definition) is 4. The number of pyridine rings is 1. The standard InChI is InChI=1S/C10H15N3O2/c11-9(10(14)15)7-12-6-4-8-3-1-2-5-13-8/h1-3,5,9,12H,4,6-7,11H2,(H,14,15). The lowest BCUT2D eigenvalue weighted by atomic mass is 10.2. The van der Waals surface area contributed by atoms with Gasteiger partial charge in [0.25, 0.3) is 0 Å². The molecule has 5 heteroatoms. The third kappa shape index (κ3) is 4.53. The lowest BCUT2D eigenvalue weighted by Crippen LogP contribution is -2.40. The lowest BCUT2D eigenvalue weighted by molar-refractivity contribution is -0.138. The molecule has 5 nitrogen and oxygen atoms in total. The highest BCUT2D eigenvalue weighted by molar-refractivity contribution is 5.73. The van der Waals surface area contributed by atoms with Gasteiger partial charge in [-0.15, -0.1) is 0 Å². The Hall–Kier alpha value is -1.46. The van der Waals surface area contributed by atoms with E-state index in [4.69, 9.17) is 10.8 Å². The number of carboxylic acid groups (broad SMARTS) is 1. The summed E-state index contributed by atoms with van der Waals surface area (Å²) >= 11 is 0. The topological polar surface area (TPSA) is 88.2 Å².